The Balaban J connectivity index is 1.90. The Morgan fingerprint density at radius 1 is 0.923 bits per heavy atom. The van der Waals surface area contributed by atoms with Crippen LogP contribution in [0.1, 0.15) is 5.56 Å². The first kappa shape index (κ1) is 17.9. The van der Waals surface area contributed by atoms with Gasteiger partial charge in [-0.15, -0.1) is 0 Å². The fourth-order valence-corrected chi connectivity index (χ4v) is 2.37. The van der Waals surface area contributed by atoms with E-state index in [-0.39, 0.29) is 23.0 Å². The molecule has 0 radical (unpaired) electrons. The molecule has 6 nitrogen and oxygen atoms in total. The highest BCUT2D eigenvalue weighted by Gasteiger charge is 2.33. The minimum atomic E-state index is -4.51. The highest BCUT2D eigenvalue weighted by atomic mass is 79.9. The summed E-state index contributed by atoms with van der Waals surface area (Å²) in [5, 5.41) is 5.52. The summed E-state index contributed by atoms with van der Waals surface area (Å²) < 4.78 is 40.2. The highest BCUT2D eigenvalue weighted by Crippen LogP contribution is 2.37. The number of nitrogens with two attached hydrogens (primary N) is 1. The quantitative estimate of drug-likeness (QED) is 0.561. The van der Waals surface area contributed by atoms with Gasteiger partial charge in [0.15, 0.2) is 11.6 Å². The lowest BCUT2D eigenvalue weighted by atomic mass is 10.1. The molecule has 3 rings (SSSR count). The second-order valence-corrected chi connectivity index (χ2v) is 6.06. The number of halogens is 4. The third-order valence-corrected chi connectivity index (χ3v) is 3.81. The molecule has 134 valence electrons. The smallest absolute Gasteiger partial charge is 0.393 e. The number of pyridine rings is 1. The zero-order valence-electron chi connectivity index (χ0n) is 13.0. The van der Waals surface area contributed by atoms with Crippen molar-refractivity contribution in [1.29, 1.82) is 0 Å². The first-order chi connectivity index (χ1) is 12.3. The average Bonchev–Trinajstić information content (AvgIpc) is 2.60. The van der Waals surface area contributed by atoms with Gasteiger partial charge in [0.2, 0.25) is 0 Å². The summed E-state index contributed by atoms with van der Waals surface area (Å²) in [4.78, 5) is 12.1. The summed E-state index contributed by atoms with van der Waals surface area (Å²) in [6.07, 6.45) is -1.73. The summed E-state index contributed by atoms with van der Waals surface area (Å²) in [5.74, 6) is 0.748. The van der Waals surface area contributed by atoms with E-state index in [9.17, 15) is 13.2 Å². The van der Waals surface area contributed by atoms with Gasteiger partial charge in [-0.3, -0.25) is 0 Å². The number of benzene rings is 1. The summed E-state index contributed by atoms with van der Waals surface area (Å²) in [5.41, 5.74) is 5.09. The van der Waals surface area contributed by atoms with E-state index in [1.54, 1.807) is 18.3 Å². The molecule has 0 aliphatic carbocycles. The summed E-state index contributed by atoms with van der Waals surface area (Å²) in [6, 6.07) is 8.53. The van der Waals surface area contributed by atoms with Crippen LogP contribution in [-0.4, -0.2) is 15.0 Å². The Morgan fingerprint density at radius 3 is 2.27 bits per heavy atom. The predicted molar refractivity (Wildman–Crippen MR) is 96.4 cm³/mol. The molecule has 0 fully saturated rings. The Hall–Kier alpha value is -2.88. The Labute approximate surface area is 154 Å². The van der Waals surface area contributed by atoms with Crippen LogP contribution in [0.2, 0.25) is 0 Å². The number of anilines is 5. The fraction of sp³-hybridized carbons (Fsp3) is 0.0625. The normalized spacial score (nSPS) is 11.2. The van der Waals surface area contributed by atoms with Crippen LogP contribution < -0.4 is 16.4 Å². The van der Waals surface area contributed by atoms with Crippen LogP contribution in [0.4, 0.5) is 42.0 Å². The molecule has 4 N–H and O–H groups in total. The van der Waals surface area contributed by atoms with E-state index in [0.717, 1.165) is 10.5 Å². The van der Waals surface area contributed by atoms with Crippen molar-refractivity contribution in [1.82, 2.24) is 15.0 Å². The molecule has 0 bridgehead atoms. The monoisotopic (exact) mass is 424 g/mol. The third-order valence-electron chi connectivity index (χ3n) is 3.34. The summed E-state index contributed by atoms with van der Waals surface area (Å²) in [7, 11) is 0. The fourth-order valence-electron chi connectivity index (χ4n) is 2.13. The molecule has 0 saturated carbocycles. The van der Waals surface area contributed by atoms with Gasteiger partial charge in [-0.05, 0) is 40.2 Å². The Bertz CT molecular complexity index is 915. The maximum Gasteiger partial charge on any atom is 0.418 e. The van der Waals surface area contributed by atoms with Gasteiger partial charge in [-0.1, -0.05) is 12.1 Å². The van der Waals surface area contributed by atoms with E-state index < -0.39 is 11.7 Å². The maximum absolute atomic E-state index is 13.1. The van der Waals surface area contributed by atoms with Gasteiger partial charge in [0.1, 0.15) is 17.8 Å². The van der Waals surface area contributed by atoms with E-state index in [4.69, 9.17) is 5.73 Å². The number of nitrogens with one attached hydrogen (secondary N) is 2. The molecule has 3 aromatic rings. The minimum Gasteiger partial charge on any atom is -0.393 e. The van der Waals surface area contributed by atoms with E-state index >= 15 is 0 Å². The van der Waals surface area contributed by atoms with Crippen LogP contribution >= 0.6 is 15.9 Å². The van der Waals surface area contributed by atoms with Crippen molar-refractivity contribution in [3.8, 4) is 0 Å². The molecule has 0 aliphatic heterocycles. The summed E-state index contributed by atoms with van der Waals surface area (Å²) in [6.45, 7) is 0. The lowest BCUT2D eigenvalue weighted by Crippen LogP contribution is -2.11. The van der Waals surface area contributed by atoms with Gasteiger partial charge in [-0.2, -0.15) is 13.2 Å². The molecule has 2 heterocycles. The second kappa shape index (κ2) is 7.16. The number of rotatable bonds is 4. The standard InChI is InChI=1S/C16H12BrF3N6/c17-9-5-6-12(22-7-9)26-15-13(21)14(23-8-24-15)25-11-4-2-1-3-10(11)16(18,19)20/h1-8H,21H2,(H2,22,23,24,25,26). The molecule has 1 aromatic carbocycles. The molecule has 2 aromatic heterocycles. The number of aromatic nitrogens is 3. The van der Waals surface area contributed by atoms with E-state index in [1.807, 2.05) is 0 Å². The first-order valence-corrected chi connectivity index (χ1v) is 8.06. The average molecular weight is 425 g/mol. The summed E-state index contributed by atoms with van der Waals surface area (Å²) >= 11 is 3.27. The van der Waals surface area contributed by atoms with Gasteiger partial charge in [-0.25, -0.2) is 15.0 Å². The molecule has 0 amide bonds. The minimum absolute atomic E-state index is 0.0521. The predicted octanol–water partition coefficient (Wildman–Crippen LogP) is 4.72. The molecule has 0 aliphatic rings. The van der Waals surface area contributed by atoms with Crippen molar-refractivity contribution in [2.24, 2.45) is 0 Å². The second-order valence-electron chi connectivity index (χ2n) is 5.14. The Morgan fingerprint density at radius 2 is 1.62 bits per heavy atom. The third kappa shape index (κ3) is 4.02. The molecule has 26 heavy (non-hydrogen) atoms. The molecule has 0 saturated heterocycles. The molecule has 0 atom stereocenters. The Kier molecular flexibility index (Phi) is 4.94. The number of para-hydroxylation sites is 1. The van der Waals surface area contributed by atoms with Crippen LogP contribution in [0, 0.1) is 0 Å². The van der Waals surface area contributed by atoms with Crippen LogP contribution in [-0.2, 0) is 6.18 Å². The zero-order valence-corrected chi connectivity index (χ0v) is 14.6. The van der Waals surface area contributed by atoms with Gasteiger partial charge < -0.3 is 16.4 Å². The number of nitrogen functional groups attached to an aromatic ring is 1. The largest absolute Gasteiger partial charge is 0.418 e. The van der Waals surface area contributed by atoms with Crippen LogP contribution in [0.3, 0.4) is 0 Å². The van der Waals surface area contributed by atoms with Crippen molar-refractivity contribution in [2.45, 2.75) is 6.18 Å². The van der Waals surface area contributed by atoms with Crippen LogP contribution in [0.25, 0.3) is 0 Å². The molecular formula is C16H12BrF3N6. The van der Waals surface area contributed by atoms with E-state index in [0.29, 0.717) is 5.82 Å². The molecule has 0 unspecified atom stereocenters. The number of nitrogens with zero attached hydrogens (tertiary/aromatic N) is 3. The van der Waals surface area contributed by atoms with E-state index in [1.165, 1.54) is 24.5 Å². The van der Waals surface area contributed by atoms with Crippen molar-refractivity contribution in [2.75, 3.05) is 16.4 Å². The van der Waals surface area contributed by atoms with Gasteiger partial charge in [0, 0.05) is 10.7 Å². The molecule has 0 spiro atoms. The number of hydrogen-bond acceptors (Lipinski definition) is 6. The molecule has 10 heteroatoms. The lowest BCUT2D eigenvalue weighted by Gasteiger charge is -2.16. The molecular weight excluding hydrogens is 413 g/mol. The topological polar surface area (TPSA) is 88.8 Å². The van der Waals surface area contributed by atoms with Crippen molar-refractivity contribution >= 4 is 44.8 Å². The number of hydrogen-bond donors (Lipinski definition) is 3. The van der Waals surface area contributed by atoms with Gasteiger partial charge >= 0.3 is 6.18 Å². The van der Waals surface area contributed by atoms with Crippen LogP contribution in [0.15, 0.2) is 53.4 Å². The van der Waals surface area contributed by atoms with Gasteiger partial charge in [0.25, 0.3) is 0 Å². The van der Waals surface area contributed by atoms with Crippen molar-refractivity contribution in [3.63, 3.8) is 0 Å². The SMILES string of the molecule is Nc1c(Nc2ccc(Br)cn2)ncnc1Nc1ccccc1C(F)(F)F. The van der Waals surface area contributed by atoms with Gasteiger partial charge in [0.05, 0.1) is 11.3 Å². The van der Waals surface area contributed by atoms with Crippen molar-refractivity contribution < 1.29 is 13.2 Å². The van der Waals surface area contributed by atoms with Crippen LogP contribution in [0.5, 0.6) is 0 Å². The van der Waals surface area contributed by atoms with Crippen molar-refractivity contribution in [3.05, 3.63) is 59.0 Å². The zero-order chi connectivity index (χ0) is 18.7. The van der Waals surface area contributed by atoms with E-state index in [2.05, 4.69) is 41.5 Å². The highest BCUT2D eigenvalue weighted by molar-refractivity contribution is 9.10. The maximum atomic E-state index is 13.1. The number of alkyl halides is 3. The lowest BCUT2D eigenvalue weighted by molar-refractivity contribution is -0.136. The first-order valence-electron chi connectivity index (χ1n) is 7.27.